The quantitative estimate of drug-likeness (QED) is 0.475. The zero-order valence-corrected chi connectivity index (χ0v) is 15.4. The van der Waals surface area contributed by atoms with Crippen LogP contribution in [0.3, 0.4) is 0 Å². The van der Waals surface area contributed by atoms with Gasteiger partial charge in [0.2, 0.25) is 5.91 Å². The van der Waals surface area contributed by atoms with Gasteiger partial charge in [-0.3, -0.25) is 4.79 Å². The number of rotatable bonds is 6. The third-order valence-electron chi connectivity index (χ3n) is 4.63. The average molecular weight is 378 g/mol. The summed E-state index contributed by atoms with van der Waals surface area (Å²) in [6, 6.07) is 18.0. The fourth-order valence-electron chi connectivity index (χ4n) is 3.25. The second-order valence-corrected chi connectivity index (χ2v) is 7.41. The number of aryl methyl sites for hydroxylation is 1. The summed E-state index contributed by atoms with van der Waals surface area (Å²) >= 11 is 1.58. The highest BCUT2D eigenvalue weighted by atomic mass is 32.1. The molecule has 0 radical (unpaired) electrons. The molecule has 2 aromatic carbocycles. The summed E-state index contributed by atoms with van der Waals surface area (Å²) in [7, 11) is 0. The van der Waals surface area contributed by atoms with Gasteiger partial charge in [0.1, 0.15) is 5.82 Å². The van der Waals surface area contributed by atoms with E-state index in [1.54, 1.807) is 23.5 Å². The summed E-state index contributed by atoms with van der Waals surface area (Å²) in [6.45, 7) is 0. The predicted molar refractivity (Wildman–Crippen MR) is 107 cm³/mol. The molecule has 0 aliphatic rings. The monoisotopic (exact) mass is 378 g/mol. The molecule has 1 amide bonds. The summed E-state index contributed by atoms with van der Waals surface area (Å²) in [6.07, 6.45) is 3.02. The fourth-order valence-corrected chi connectivity index (χ4v) is 4.05. The summed E-state index contributed by atoms with van der Waals surface area (Å²) < 4.78 is 13.3. The lowest BCUT2D eigenvalue weighted by Gasteiger charge is -2.18. The molecule has 27 heavy (non-hydrogen) atoms. The maximum Gasteiger partial charge on any atom is 0.221 e. The Morgan fingerprint density at radius 1 is 1.07 bits per heavy atom. The molecule has 4 aromatic rings. The summed E-state index contributed by atoms with van der Waals surface area (Å²) in [4.78, 5) is 16.9. The highest BCUT2D eigenvalue weighted by Crippen LogP contribution is 2.26. The minimum absolute atomic E-state index is 0.0250. The van der Waals surface area contributed by atoms with Crippen molar-refractivity contribution in [1.82, 2.24) is 10.3 Å². The number of aromatic amines is 1. The third kappa shape index (κ3) is 3.93. The Balaban J connectivity index is 1.48. The molecule has 2 aromatic heterocycles. The normalized spacial score (nSPS) is 12.2. The summed E-state index contributed by atoms with van der Waals surface area (Å²) in [5.41, 5.74) is 3.09. The van der Waals surface area contributed by atoms with E-state index in [0.717, 1.165) is 26.9 Å². The van der Waals surface area contributed by atoms with Crippen LogP contribution in [0.4, 0.5) is 4.39 Å². The number of carbonyl (C=O) groups excluding carboxylic acids is 1. The van der Waals surface area contributed by atoms with Crippen LogP contribution in [-0.4, -0.2) is 10.9 Å². The van der Waals surface area contributed by atoms with Gasteiger partial charge in [0.25, 0.3) is 0 Å². The first kappa shape index (κ1) is 17.5. The smallest absolute Gasteiger partial charge is 0.221 e. The molecule has 0 saturated heterocycles. The SMILES string of the molecule is O=C(CCc1c[nH]c2ccccc12)N[C@H](c1ccc(F)cc1)c1cccs1. The number of H-pyrrole nitrogens is 1. The van der Waals surface area contributed by atoms with Crippen molar-refractivity contribution in [1.29, 1.82) is 0 Å². The van der Waals surface area contributed by atoms with E-state index in [9.17, 15) is 9.18 Å². The highest BCUT2D eigenvalue weighted by molar-refractivity contribution is 7.10. The van der Waals surface area contributed by atoms with Crippen LogP contribution in [0.1, 0.15) is 28.5 Å². The van der Waals surface area contributed by atoms with Crippen LogP contribution in [0.15, 0.2) is 72.2 Å². The number of hydrogen-bond donors (Lipinski definition) is 2. The van der Waals surface area contributed by atoms with E-state index in [1.165, 1.54) is 12.1 Å². The van der Waals surface area contributed by atoms with Crippen molar-refractivity contribution in [3.8, 4) is 0 Å². The van der Waals surface area contributed by atoms with E-state index >= 15 is 0 Å². The van der Waals surface area contributed by atoms with Crippen LogP contribution >= 0.6 is 11.3 Å². The van der Waals surface area contributed by atoms with Crippen molar-refractivity contribution in [3.63, 3.8) is 0 Å². The molecular weight excluding hydrogens is 359 g/mol. The Bertz CT molecular complexity index is 1040. The zero-order valence-electron chi connectivity index (χ0n) is 14.6. The van der Waals surface area contributed by atoms with E-state index in [-0.39, 0.29) is 17.8 Å². The molecule has 0 aliphatic heterocycles. The number of carbonyl (C=O) groups is 1. The van der Waals surface area contributed by atoms with Gasteiger partial charge in [-0.15, -0.1) is 11.3 Å². The van der Waals surface area contributed by atoms with Crippen molar-refractivity contribution in [3.05, 3.63) is 94.1 Å². The van der Waals surface area contributed by atoms with Crippen LogP contribution in [0.25, 0.3) is 10.9 Å². The molecule has 3 nitrogen and oxygen atoms in total. The van der Waals surface area contributed by atoms with Gasteiger partial charge in [-0.05, 0) is 47.2 Å². The van der Waals surface area contributed by atoms with E-state index in [4.69, 9.17) is 0 Å². The number of para-hydroxylation sites is 1. The lowest BCUT2D eigenvalue weighted by atomic mass is 10.0. The van der Waals surface area contributed by atoms with E-state index in [2.05, 4.69) is 16.4 Å². The fraction of sp³-hybridized carbons (Fsp3) is 0.136. The van der Waals surface area contributed by atoms with Crippen molar-refractivity contribution in [2.75, 3.05) is 0 Å². The molecule has 0 fully saturated rings. The zero-order chi connectivity index (χ0) is 18.6. The molecule has 136 valence electrons. The molecule has 0 spiro atoms. The number of benzene rings is 2. The first-order valence-electron chi connectivity index (χ1n) is 8.84. The second-order valence-electron chi connectivity index (χ2n) is 6.43. The molecule has 0 bridgehead atoms. The van der Waals surface area contributed by atoms with E-state index < -0.39 is 0 Å². The number of fused-ring (bicyclic) bond motifs is 1. The van der Waals surface area contributed by atoms with Crippen LogP contribution in [-0.2, 0) is 11.2 Å². The summed E-state index contributed by atoms with van der Waals surface area (Å²) in [5, 5.41) is 6.23. The molecule has 2 N–H and O–H groups in total. The molecular formula is C22H19FN2OS. The number of halogens is 1. The van der Waals surface area contributed by atoms with Gasteiger partial charge < -0.3 is 10.3 Å². The van der Waals surface area contributed by atoms with Crippen LogP contribution in [0.2, 0.25) is 0 Å². The first-order valence-corrected chi connectivity index (χ1v) is 9.72. The Hall–Kier alpha value is -2.92. The van der Waals surface area contributed by atoms with Crippen molar-refractivity contribution in [2.24, 2.45) is 0 Å². The largest absolute Gasteiger partial charge is 0.361 e. The van der Waals surface area contributed by atoms with Gasteiger partial charge in [-0.25, -0.2) is 4.39 Å². The van der Waals surface area contributed by atoms with Crippen molar-refractivity contribution < 1.29 is 9.18 Å². The number of aromatic nitrogens is 1. The Morgan fingerprint density at radius 2 is 1.89 bits per heavy atom. The van der Waals surface area contributed by atoms with Gasteiger partial charge in [0.15, 0.2) is 0 Å². The van der Waals surface area contributed by atoms with Gasteiger partial charge in [-0.1, -0.05) is 36.4 Å². The molecule has 5 heteroatoms. The molecule has 4 rings (SSSR count). The van der Waals surface area contributed by atoms with Gasteiger partial charge in [0, 0.05) is 28.4 Å². The maximum absolute atomic E-state index is 13.3. The topological polar surface area (TPSA) is 44.9 Å². The standard InChI is InChI=1S/C22H19FN2OS/c23-17-10-7-15(8-11-17)22(20-6-3-13-27-20)25-21(26)12-9-16-14-24-19-5-2-1-4-18(16)19/h1-8,10-11,13-14,22,24H,9,12H2,(H,25,26)/t22-/m1/s1. The van der Waals surface area contributed by atoms with Crippen LogP contribution in [0, 0.1) is 5.82 Å². The van der Waals surface area contributed by atoms with Gasteiger partial charge in [0.05, 0.1) is 6.04 Å². The lowest BCUT2D eigenvalue weighted by molar-refractivity contribution is -0.121. The van der Waals surface area contributed by atoms with Crippen molar-refractivity contribution in [2.45, 2.75) is 18.9 Å². The summed E-state index contributed by atoms with van der Waals surface area (Å²) in [5.74, 6) is -0.308. The third-order valence-corrected chi connectivity index (χ3v) is 5.57. The number of hydrogen-bond acceptors (Lipinski definition) is 2. The van der Waals surface area contributed by atoms with Gasteiger partial charge >= 0.3 is 0 Å². The lowest BCUT2D eigenvalue weighted by Crippen LogP contribution is -2.29. The van der Waals surface area contributed by atoms with Crippen LogP contribution in [0.5, 0.6) is 0 Å². The Morgan fingerprint density at radius 3 is 2.67 bits per heavy atom. The van der Waals surface area contributed by atoms with E-state index in [1.807, 2.05) is 41.9 Å². The molecule has 0 unspecified atom stereocenters. The average Bonchev–Trinajstić information content (AvgIpc) is 3.35. The first-order chi connectivity index (χ1) is 13.2. The number of amides is 1. The second kappa shape index (κ2) is 7.76. The Kier molecular flexibility index (Phi) is 5.03. The molecule has 0 saturated carbocycles. The molecule has 0 aliphatic carbocycles. The maximum atomic E-state index is 13.3. The minimum atomic E-state index is -0.283. The number of nitrogens with one attached hydrogen (secondary N) is 2. The molecule has 2 heterocycles. The highest BCUT2D eigenvalue weighted by Gasteiger charge is 2.18. The Labute approximate surface area is 160 Å². The van der Waals surface area contributed by atoms with Crippen molar-refractivity contribution >= 4 is 28.1 Å². The minimum Gasteiger partial charge on any atom is -0.361 e. The predicted octanol–water partition coefficient (Wildman–Crippen LogP) is 5.21. The van der Waals surface area contributed by atoms with Gasteiger partial charge in [-0.2, -0.15) is 0 Å². The number of thiophene rings is 1. The van der Waals surface area contributed by atoms with E-state index in [0.29, 0.717) is 12.8 Å². The van der Waals surface area contributed by atoms with Crippen LogP contribution < -0.4 is 5.32 Å². The molecule has 1 atom stereocenters.